The maximum Gasteiger partial charge on any atom is 0.244 e. The number of halogens is 1. The topological polar surface area (TPSA) is 102 Å². The van der Waals surface area contributed by atoms with Gasteiger partial charge < -0.3 is 18.9 Å². The number of carbonyl (C=O) groups is 1. The lowest BCUT2D eigenvalue weighted by atomic mass is 9.91. The molecule has 11 heteroatoms. The molecule has 41 heavy (non-hydrogen) atoms. The minimum Gasteiger partial charge on any atom is -0.356 e. The van der Waals surface area contributed by atoms with Gasteiger partial charge in [-0.05, 0) is 71.0 Å². The highest BCUT2D eigenvalue weighted by Crippen LogP contribution is 2.33. The molecule has 1 saturated heterocycles. The lowest BCUT2D eigenvalue weighted by Crippen LogP contribution is -2.45. The fourth-order valence-electron chi connectivity index (χ4n) is 5.02. The zero-order valence-corrected chi connectivity index (χ0v) is 24.9. The zero-order valence-electron chi connectivity index (χ0n) is 24.1. The van der Waals surface area contributed by atoms with E-state index in [1.807, 2.05) is 20.8 Å². The van der Waals surface area contributed by atoms with E-state index in [1.54, 1.807) is 24.3 Å². The van der Waals surface area contributed by atoms with Crippen LogP contribution in [0.4, 0.5) is 4.39 Å². The molecule has 224 valence electrons. The first-order chi connectivity index (χ1) is 19.7. The Balaban J connectivity index is 0.000000402. The molecule has 3 heterocycles. The maximum atomic E-state index is 13.4. The number of nitrogens with zero attached hydrogens (tertiary/aromatic N) is 3. The summed E-state index contributed by atoms with van der Waals surface area (Å²) in [4.78, 5) is 14.7. The first-order valence-electron chi connectivity index (χ1n) is 13.9. The molecular weight excluding hydrogens is 549 g/mol. The van der Waals surface area contributed by atoms with E-state index in [4.69, 9.17) is 14.0 Å². The van der Waals surface area contributed by atoms with Gasteiger partial charge in [0.05, 0.1) is 17.1 Å². The van der Waals surface area contributed by atoms with E-state index in [9.17, 15) is 17.6 Å². The van der Waals surface area contributed by atoms with E-state index < -0.39 is 10.0 Å². The number of hydrogen-bond donors (Lipinski definition) is 0. The lowest BCUT2D eigenvalue weighted by molar-refractivity contribution is -0.123. The molecule has 0 N–H and O–H groups in total. The Labute approximate surface area is 241 Å². The van der Waals surface area contributed by atoms with Crippen molar-refractivity contribution in [3.8, 4) is 0 Å². The Hall–Kier alpha value is -2.96. The zero-order chi connectivity index (χ0) is 30.0. The maximum absolute atomic E-state index is 13.4. The molecule has 3 aromatic rings. The number of piperidine rings is 1. The molecule has 1 fully saturated rings. The number of ether oxygens (including phenoxy) is 2. The molecular formula is C30H40FN3O6S. The SMILES string of the molecule is C=C.CCOC(C)OCC.O=C1CN(CCN2CCC(c3noc4cc(F)ccc34)CC2)S(=O)(=O)c2ccccc21. The Bertz CT molecular complexity index is 1380. The van der Waals surface area contributed by atoms with Gasteiger partial charge in [-0.3, -0.25) is 4.79 Å². The highest BCUT2D eigenvalue weighted by molar-refractivity contribution is 7.89. The summed E-state index contributed by atoms with van der Waals surface area (Å²) in [6.45, 7) is 15.6. The van der Waals surface area contributed by atoms with Crippen LogP contribution < -0.4 is 0 Å². The van der Waals surface area contributed by atoms with E-state index in [0.29, 0.717) is 12.1 Å². The third-order valence-electron chi connectivity index (χ3n) is 7.03. The van der Waals surface area contributed by atoms with E-state index in [-0.39, 0.29) is 47.4 Å². The molecule has 1 aromatic heterocycles. The number of rotatable bonds is 8. The van der Waals surface area contributed by atoms with Crippen molar-refractivity contribution in [2.45, 2.75) is 50.7 Å². The normalized spacial score (nSPS) is 17.4. The Morgan fingerprint density at radius 3 is 2.39 bits per heavy atom. The average Bonchev–Trinajstić information content (AvgIpc) is 3.39. The predicted molar refractivity (Wildman–Crippen MR) is 156 cm³/mol. The molecule has 0 bridgehead atoms. The second-order valence-corrected chi connectivity index (χ2v) is 11.5. The molecule has 0 atom stereocenters. The standard InChI is InChI=1S/C22H22FN3O4S.C6H14O2.C2H4/c23-16-5-6-18-20(13-16)30-24-22(18)15-7-9-25(10-8-15)11-12-26-14-19(27)17-3-1-2-4-21(17)31(26,28)29;1-4-7-6(3)8-5-2;1-2/h1-6,13,15H,7-12,14H2;6H,4-5H2,1-3H3;1-2H2. The molecule has 2 aliphatic heterocycles. The van der Waals surface area contributed by atoms with E-state index in [0.717, 1.165) is 50.2 Å². The van der Waals surface area contributed by atoms with Crippen LogP contribution in [-0.2, 0) is 19.5 Å². The van der Waals surface area contributed by atoms with Crippen LogP contribution >= 0.6 is 0 Å². The summed E-state index contributed by atoms with van der Waals surface area (Å²) in [5, 5.41) is 5.01. The van der Waals surface area contributed by atoms with E-state index in [2.05, 4.69) is 23.2 Å². The fourth-order valence-corrected chi connectivity index (χ4v) is 6.61. The largest absolute Gasteiger partial charge is 0.356 e. The van der Waals surface area contributed by atoms with Gasteiger partial charge in [0.2, 0.25) is 10.0 Å². The van der Waals surface area contributed by atoms with Gasteiger partial charge in [0.1, 0.15) is 5.82 Å². The molecule has 0 radical (unpaired) electrons. The number of ketones is 1. The lowest BCUT2D eigenvalue weighted by Gasteiger charge is -2.33. The number of hydrogen-bond acceptors (Lipinski definition) is 8. The summed E-state index contributed by atoms with van der Waals surface area (Å²) in [7, 11) is -3.66. The van der Waals surface area contributed by atoms with Gasteiger partial charge in [0, 0.05) is 49.2 Å². The summed E-state index contributed by atoms with van der Waals surface area (Å²) in [5.41, 5.74) is 1.59. The Kier molecular flexibility index (Phi) is 12.2. The van der Waals surface area contributed by atoms with Gasteiger partial charge in [0.25, 0.3) is 0 Å². The number of aromatic nitrogens is 1. The van der Waals surface area contributed by atoms with Crippen LogP contribution in [0.2, 0.25) is 0 Å². The summed E-state index contributed by atoms with van der Waals surface area (Å²) in [5.74, 6) is -0.299. The van der Waals surface area contributed by atoms with Crippen LogP contribution in [0.25, 0.3) is 11.0 Å². The number of benzene rings is 2. The minimum atomic E-state index is -3.66. The molecule has 0 aliphatic carbocycles. The van der Waals surface area contributed by atoms with Crippen molar-refractivity contribution in [3.63, 3.8) is 0 Å². The minimum absolute atomic E-state index is 0.0370. The number of sulfonamides is 1. The van der Waals surface area contributed by atoms with Crippen molar-refractivity contribution in [1.82, 2.24) is 14.4 Å². The Morgan fingerprint density at radius 1 is 1.07 bits per heavy atom. The first kappa shape index (κ1) is 32.6. The second kappa shape index (κ2) is 15.3. The van der Waals surface area contributed by atoms with Crippen molar-refractivity contribution < 1.29 is 31.6 Å². The van der Waals surface area contributed by atoms with Gasteiger partial charge in [-0.1, -0.05) is 17.3 Å². The smallest absolute Gasteiger partial charge is 0.244 e. The summed E-state index contributed by atoms with van der Waals surface area (Å²) >= 11 is 0. The van der Waals surface area contributed by atoms with Crippen molar-refractivity contribution in [1.29, 1.82) is 0 Å². The predicted octanol–water partition coefficient (Wildman–Crippen LogP) is 5.24. The molecule has 2 aromatic carbocycles. The van der Waals surface area contributed by atoms with Gasteiger partial charge in [-0.15, -0.1) is 13.2 Å². The van der Waals surface area contributed by atoms with Crippen molar-refractivity contribution in [3.05, 3.63) is 72.7 Å². The molecule has 0 saturated carbocycles. The van der Waals surface area contributed by atoms with Gasteiger partial charge in [0.15, 0.2) is 17.7 Å². The van der Waals surface area contributed by atoms with Crippen molar-refractivity contribution in [2.24, 2.45) is 0 Å². The van der Waals surface area contributed by atoms with Gasteiger partial charge in [-0.2, -0.15) is 4.31 Å². The first-order valence-corrected chi connectivity index (χ1v) is 15.3. The highest BCUT2D eigenvalue weighted by Gasteiger charge is 2.36. The summed E-state index contributed by atoms with van der Waals surface area (Å²) in [6.07, 6.45) is 1.67. The van der Waals surface area contributed by atoms with Crippen LogP contribution in [0, 0.1) is 5.82 Å². The quantitative estimate of drug-likeness (QED) is 0.260. The molecule has 9 nitrogen and oxygen atoms in total. The van der Waals surface area contributed by atoms with Gasteiger partial charge in [-0.25, -0.2) is 12.8 Å². The Morgan fingerprint density at radius 2 is 1.73 bits per heavy atom. The monoisotopic (exact) mass is 589 g/mol. The third kappa shape index (κ3) is 8.08. The summed E-state index contributed by atoms with van der Waals surface area (Å²) < 4.78 is 55.8. The third-order valence-corrected chi connectivity index (χ3v) is 8.93. The van der Waals surface area contributed by atoms with Crippen LogP contribution in [-0.4, -0.2) is 80.8 Å². The average molecular weight is 590 g/mol. The molecule has 0 spiro atoms. The number of carbonyl (C=O) groups excluding carboxylic acids is 1. The molecule has 0 amide bonds. The number of likely N-dealkylation sites (tertiary alicyclic amines) is 1. The van der Waals surface area contributed by atoms with Crippen LogP contribution in [0.5, 0.6) is 0 Å². The van der Waals surface area contributed by atoms with E-state index >= 15 is 0 Å². The number of Topliss-reactive ketones (excluding diaryl/α,β-unsaturated/α-hetero) is 1. The van der Waals surface area contributed by atoms with Crippen LogP contribution in [0.1, 0.15) is 55.6 Å². The molecule has 0 unspecified atom stereocenters. The fraction of sp³-hybridized carbons (Fsp3) is 0.467. The van der Waals surface area contributed by atoms with Crippen molar-refractivity contribution >= 4 is 26.8 Å². The molecule has 2 aliphatic rings. The van der Waals surface area contributed by atoms with Gasteiger partial charge >= 0.3 is 0 Å². The second-order valence-electron chi connectivity index (χ2n) is 9.56. The highest BCUT2D eigenvalue weighted by atomic mass is 32.2. The number of fused-ring (bicyclic) bond motifs is 2. The van der Waals surface area contributed by atoms with Crippen molar-refractivity contribution in [2.75, 3.05) is 45.9 Å². The summed E-state index contributed by atoms with van der Waals surface area (Å²) in [6, 6.07) is 10.9. The van der Waals surface area contributed by atoms with Crippen LogP contribution in [0.15, 0.2) is 65.0 Å². The van der Waals surface area contributed by atoms with Crippen LogP contribution in [0.3, 0.4) is 0 Å². The molecule has 5 rings (SSSR count). The van der Waals surface area contributed by atoms with E-state index in [1.165, 1.54) is 22.5 Å².